The molecule has 3 atom stereocenters. The van der Waals surface area contributed by atoms with Crippen molar-refractivity contribution in [2.24, 2.45) is 0 Å². The van der Waals surface area contributed by atoms with Crippen molar-refractivity contribution in [1.29, 1.82) is 0 Å². The number of carbonyl (C=O) groups excluding carboxylic acids is 5. The molecule has 12 nitrogen and oxygen atoms in total. The van der Waals surface area contributed by atoms with Gasteiger partial charge in [0.1, 0.15) is 30.3 Å². The quantitative estimate of drug-likeness (QED) is 0.0754. The van der Waals surface area contributed by atoms with Crippen LogP contribution in [0.5, 0.6) is 0 Å². The zero-order valence-electron chi connectivity index (χ0n) is 35.1. The summed E-state index contributed by atoms with van der Waals surface area (Å²) in [4.78, 5) is 69.2. The van der Waals surface area contributed by atoms with Crippen LogP contribution >= 0.6 is 0 Å². The van der Waals surface area contributed by atoms with E-state index in [2.05, 4.69) is 16.0 Å². The van der Waals surface area contributed by atoms with E-state index < -0.39 is 53.7 Å². The highest BCUT2D eigenvalue weighted by Gasteiger charge is 2.33. The van der Waals surface area contributed by atoms with Gasteiger partial charge in [-0.1, -0.05) is 127 Å². The monoisotopic (exact) mass is 834 g/mol. The van der Waals surface area contributed by atoms with Crippen molar-refractivity contribution in [1.82, 2.24) is 20.5 Å². The molecule has 0 radical (unpaired) electrons. The molecule has 3 N–H and O–H groups in total. The van der Waals surface area contributed by atoms with Crippen LogP contribution in [0.2, 0.25) is 0 Å². The summed E-state index contributed by atoms with van der Waals surface area (Å²) in [5.74, 6) is -2.20. The van der Waals surface area contributed by atoms with E-state index in [1.165, 1.54) is 11.7 Å². The molecular weight excluding hydrogens is 785 g/mol. The third-order valence-corrected chi connectivity index (χ3v) is 10.8. The van der Waals surface area contributed by atoms with E-state index in [1.54, 1.807) is 39.1 Å². The van der Waals surface area contributed by atoms with Gasteiger partial charge in [-0.15, -0.1) is 0 Å². The van der Waals surface area contributed by atoms with Gasteiger partial charge >= 0.3 is 18.2 Å². The van der Waals surface area contributed by atoms with E-state index in [4.69, 9.17) is 14.2 Å². The normalized spacial score (nSPS) is 13.5. The van der Waals surface area contributed by atoms with Crippen LogP contribution in [0.25, 0.3) is 22.0 Å². The molecule has 12 heteroatoms. The van der Waals surface area contributed by atoms with Crippen LogP contribution < -0.4 is 16.0 Å². The number of carbonyl (C=O) groups is 5. The summed E-state index contributed by atoms with van der Waals surface area (Å²) in [5, 5.41) is 9.12. The predicted octanol–water partition coefficient (Wildman–Crippen LogP) is 7.50. The molecule has 1 heterocycles. The number of nitrogens with zero attached hydrogens (tertiary/aromatic N) is 1. The first-order valence-electron chi connectivity index (χ1n) is 20.6. The summed E-state index contributed by atoms with van der Waals surface area (Å²) >= 11 is 0. The van der Waals surface area contributed by atoms with Gasteiger partial charge in [-0.25, -0.2) is 14.4 Å². The third-order valence-electron chi connectivity index (χ3n) is 10.8. The number of fused-ring (bicyclic) bond motifs is 4. The maximum atomic E-state index is 14.7. The number of aromatic nitrogens is 1. The van der Waals surface area contributed by atoms with Gasteiger partial charge in [0.05, 0.1) is 12.6 Å². The number of alkyl carbamates (subject to hydrolysis) is 1. The largest absolute Gasteiger partial charge is 0.467 e. The minimum Gasteiger partial charge on any atom is -0.467 e. The SMILES string of the molecule is COC(=O)[C@H](Cc1ccccc1)NC(=O)[C@H](Cc1ccccc1)NC(=O)[C@@H](Cc1cn(C(=O)OC(C)(C)C)c2ccccc12)NC(=O)OCC1c2ccccc2-c2ccccc21. The van der Waals surface area contributed by atoms with Crippen molar-refractivity contribution in [2.45, 2.75) is 69.7 Å². The van der Waals surface area contributed by atoms with Crippen LogP contribution in [-0.2, 0) is 47.9 Å². The van der Waals surface area contributed by atoms with E-state index >= 15 is 0 Å². The third kappa shape index (κ3) is 10.2. The van der Waals surface area contributed by atoms with Crippen molar-refractivity contribution in [3.05, 3.63) is 167 Å². The number of para-hydroxylation sites is 1. The first-order valence-corrected chi connectivity index (χ1v) is 20.6. The molecule has 62 heavy (non-hydrogen) atoms. The van der Waals surface area contributed by atoms with Gasteiger partial charge in [0.2, 0.25) is 11.8 Å². The topological polar surface area (TPSA) is 154 Å². The molecule has 0 saturated carbocycles. The van der Waals surface area contributed by atoms with Crippen LogP contribution in [0.4, 0.5) is 9.59 Å². The van der Waals surface area contributed by atoms with Crippen molar-refractivity contribution in [3.63, 3.8) is 0 Å². The van der Waals surface area contributed by atoms with Gasteiger partial charge in [0.15, 0.2) is 0 Å². The van der Waals surface area contributed by atoms with Gasteiger partial charge in [-0.2, -0.15) is 0 Å². The molecule has 3 amide bonds. The lowest BCUT2D eigenvalue weighted by atomic mass is 9.98. The summed E-state index contributed by atoms with van der Waals surface area (Å²) in [7, 11) is 1.25. The lowest BCUT2D eigenvalue weighted by Gasteiger charge is -2.25. The zero-order valence-corrected chi connectivity index (χ0v) is 35.1. The van der Waals surface area contributed by atoms with Gasteiger partial charge in [-0.3, -0.25) is 14.2 Å². The number of rotatable bonds is 14. The molecule has 1 aliphatic carbocycles. The van der Waals surface area contributed by atoms with E-state index in [1.807, 2.05) is 121 Å². The number of esters is 1. The van der Waals surface area contributed by atoms with Crippen molar-refractivity contribution >= 4 is 40.9 Å². The number of benzene rings is 5. The number of hydrogen-bond donors (Lipinski definition) is 3. The van der Waals surface area contributed by atoms with Gasteiger partial charge < -0.3 is 30.2 Å². The molecule has 0 fully saturated rings. The number of methoxy groups -OCH3 is 1. The minimum absolute atomic E-state index is 0.00151. The summed E-state index contributed by atoms with van der Waals surface area (Å²) in [6.45, 7) is 5.31. The fourth-order valence-electron chi connectivity index (χ4n) is 7.88. The molecule has 1 aromatic heterocycles. The summed E-state index contributed by atoms with van der Waals surface area (Å²) in [6.07, 6.45) is 0.259. The lowest BCUT2D eigenvalue weighted by Crippen LogP contribution is -2.57. The van der Waals surface area contributed by atoms with Gasteiger partial charge in [0.25, 0.3) is 0 Å². The Morgan fingerprint density at radius 3 is 1.69 bits per heavy atom. The first kappa shape index (κ1) is 42.9. The molecule has 0 saturated heterocycles. The Morgan fingerprint density at radius 2 is 1.11 bits per heavy atom. The maximum Gasteiger partial charge on any atom is 0.419 e. The van der Waals surface area contributed by atoms with Gasteiger partial charge in [-0.05, 0) is 65.8 Å². The van der Waals surface area contributed by atoms with Crippen LogP contribution in [0.15, 0.2) is 140 Å². The standard InChI is InChI=1S/C50H50N4O8/c1-50(2,3)62-49(59)54-30-34(35-21-15-16-26-44(35)54)29-42(53-48(58)61-31-40-38-24-13-11-22-36(38)37-23-12-14-25-39(37)40)46(56)51-41(27-32-17-7-5-8-18-32)45(55)52-43(47(57)60-4)28-33-19-9-6-10-20-33/h5-26,30,40-43H,27-29,31H2,1-4H3,(H,51,56)(H,52,55)(H,53,58)/t41-,42+,43-/m0/s1. The van der Waals surface area contributed by atoms with Crippen LogP contribution in [0, 0.1) is 0 Å². The van der Waals surface area contributed by atoms with Gasteiger partial charge in [0, 0.05) is 36.8 Å². The molecule has 5 aromatic carbocycles. The highest BCUT2D eigenvalue weighted by atomic mass is 16.6. The van der Waals surface area contributed by atoms with E-state index in [9.17, 15) is 24.0 Å². The fourth-order valence-corrected chi connectivity index (χ4v) is 7.88. The number of ether oxygens (including phenoxy) is 3. The molecule has 6 aromatic rings. The van der Waals surface area contributed by atoms with Crippen molar-refractivity contribution in [2.75, 3.05) is 13.7 Å². The lowest BCUT2D eigenvalue weighted by molar-refractivity contribution is -0.145. The Bertz CT molecular complexity index is 2520. The Balaban J connectivity index is 1.18. The van der Waals surface area contributed by atoms with Crippen LogP contribution in [-0.4, -0.2) is 72.0 Å². The molecule has 0 bridgehead atoms. The Kier molecular flexibility index (Phi) is 13.2. The predicted molar refractivity (Wildman–Crippen MR) is 235 cm³/mol. The molecular formula is C50H50N4O8. The average Bonchev–Trinajstić information content (AvgIpc) is 3.80. The molecule has 318 valence electrons. The molecule has 0 spiro atoms. The number of nitrogens with one attached hydrogen (secondary N) is 3. The smallest absolute Gasteiger partial charge is 0.419 e. The second kappa shape index (κ2) is 19.0. The van der Waals surface area contributed by atoms with Crippen LogP contribution in [0.1, 0.15) is 54.5 Å². The maximum absolute atomic E-state index is 14.7. The highest BCUT2D eigenvalue weighted by Crippen LogP contribution is 2.44. The second-order valence-electron chi connectivity index (χ2n) is 16.3. The molecule has 7 rings (SSSR count). The average molecular weight is 835 g/mol. The second-order valence-corrected chi connectivity index (χ2v) is 16.3. The Morgan fingerprint density at radius 1 is 0.613 bits per heavy atom. The van der Waals surface area contributed by atoms with E-state index in [0.717, 1.165) is 33.4 Å². The minimum atomic E-state index is -1.30. The molecule has 0 aliphatic heterocycles. The van der Waals surface area contributed by atoms with E-state index in [-0.39, 0.29) is 31.8 Å². The first-order chi connectivity index (χ1) is 29.9. The molecule has 1 aliphatic rings. The van der Waals surface area contributed by atoms with Crippen LogP contribution in [0.3, 0.4) is 0 Å². The highest BCUT2D eigenvalue weighted by molar-refractivity contribution is 5.95. The number of hydrogen-bond acceptors (Lipinski definition) is 8. The van der Waals surface area contributed by atoms with Crippen molar-refractivity contribution in [3.8, 4) is 11.1 Å². The number of amides is 3. The molecule has 0 unspecified atom stereocenters. The zero-order chi connectivity index (χ0) is 43.8. The Labute approximate surface area is 360 Å². The van der Waals surface area contributed by atoms with Crippen molar-refractivity contribution < 1.29 is 38.2 Å². The summed E-state index contributed by atoms with van der Waals surface area (Å²) in [5.41, 5.74) is 6.05. The Hall–Kier alpha value is -7.21. The summed E-state index contributed by atoms with van der Waals surface area (Å²) < 4.78 is 18.0. The fraction of sp³-hybridized carbons (Fsp3) is 0.260. The summed E-state index contributed by atoms with van der Waals surface area (Å²) in [6, 6.07) is 37.9. The van der Waals surface area contributed by atoms with E-state index in [0.29, 0.717) is 16.5 Å².